The van der Waals surface area contributed by atoms with Crippen molar-refractivity contribution in [2.24, 2.45) is 0 Å². The number of fused-ring (bicyclic) bond motifs is 2. The van der Waals surface area contributed by atoms with E-state index in [2.05, 4.69) is 4.98 Å². The van der Waals surface area contributed by atoms with Crippen LogP contribution in [0.4, 0.5) is 0 Å². The van der Waals surface area contributed by atoms with Gasteiger partial charge in [0.15, 0.2) is 17.1 Å². The summed E-state index contributed by atoms with van der Waals surface area (Å²) in [6.45, 7) is 1.91. The summed E-state index contributed by atoms with van der Waals surface area (Å²) in [6.07, 6.45) is 0. The van der Waals surface area contributed by atoms with E-state index in [0.29, 0.717) is 28.2 Å². The fourth-order valence-corrected chi connectivity index (χ4v) is 3.89. The topological polar surface area (TPSA) is 90.8 Å². The van der Waals surface area contributed by atoms with E-state index in [4.69, 9.17) is 18.6 Å². The first-order chi connectivity index (χ1) is 17.0. The lowest BCUT2D eigenvalue weighted by molar-refractivity contribution is 0.391. The van der Waals surface area contributed by atoms with Crippen molar-refractivity contribution in [1.29, 1.82) is 0 Å². The highest BCUT2D eigenvalue weighted by atomic mass is 16.5. The molecule has 0 aliphatic rings. The molecule has 2 heterocycles. The third-order valence-electron chi connectivity index (χ3n) is 5.57. The first-order valence-electron chi connectivity index (χ1n) is 10.9. The molecule has 0 aliphatic carbocycles. The minimum absolute atomic E-state index is 0.0977. The second-order valence-corrected chi connectivity index (χ2v) is 7.70. The number of aromatic amines is 1. The molecule has 35 heavy (non-hydrogen) atoms. The number of nitrogens with one attached hydrogen (secondary N) is 1. The van der Waals surface area contributed by atoms with Gasteiger partial charge in [-0.05, 0) is 30.7 Å². The van der Waals surface area contributed by atoms with Gasteiger partial charge in [-0.2, -0.15) is 0 Å². The summed E-state index contributed by atoms with van der Waals surface area (Å²) in [6, 6.07) is 21.9. The molecule has 0 unspecified atom stereocenters. The van der Waals surface area contributed by atoms with Gasteiger partial charge >= 0.3 is 0 Å². The highest BCUT2D eigenvalue weighted by Gasteiger charge is 2.18. The molecular formula is C28H25NO6. The van der Waals surface area contributed by atoms with E-state index < -0.39 is 0 Å². The van der Waals surface area contributed by atoms with Gasteiger partial charge in [-0.25, -0.2) is 0 Å². The van der Waals surface area contributed by atoms with Crippen LogP contribution in [0.3, 0.4) is 0 Å². The summed E-state index contributed by atoms with van der Waals surface area (Å²) in [5, 5.41) is 1.45. The minimum Gasteiger partial charge on any atom is -0.495 e. The molecule has 7 heteroatoms. The molecule has 5 aromatic rings. The molecule has 0 fully saturated rings. The Balaban J connectivity index is 0.000000179. The number of aryl methyl sites for hydroxylation is 1. The number of ether oxygens (including phenoxy) is 3. The molecule has 0 spiro atoms. The second-order valence-electron chi connectivity index (χ2n) is 7.70. The summed E-state index contributed by atoms with van der Waals surface area (Å²) < 4.78 is 21.6. The van der Waals surface area contributed by atoms with Gasteiger partial charge in [0.05, 0.1) is 32.2 Å². The fraction of sp³-hybridized carbons (Fsp3) is 0.143. The van der Waals surface area contributed by atoms with Gasteiger partial charge in [0.2, 0.25) is 16.7 Å². The zero-order valence-electron chi connectivity index (χ0n) is 19.9. The third kappa shape index (κ3) is 4.61. The normalized spacial score (nSPS) is 10.5. The minimum atomic E-state index is -0.212. The van der Waals surface area contributed by atoms with Crippen LogP contribution in [-0.4, -0.2) is 26.3 Å². The van der Waals surface area contributed by atoms with E-state index >= 15 is 0 Å². The Morgan fingerprint density at radius 3 is 2.06 bits per heavy atom. The molecule has 0 aliphatic heterocycles. The highest BCUT2D eigenvalue weighted by Crippen LogP contribution is 2.34. The molecule has 0 bridgehead atoms. The van der Waals surface area contributed by atoms with Crippen molar-refractivity contribution in [3.63, 3.8) is 0 Å². The predicted molar refractivity (Wildman–Crippen MR) is 137 cm³/mol. The number of rotatable bonds is 4. The Hall–Kier alpha value is -4.52. The Morgan fingerprint density at radius 2 is 1.40 bits per heavy atom. The Morgan fingerprint density at radius 1 is 0.743 bits per heavy atom. The van der Waals surface area contributed by atoms with E-state index in [1.807, 2.05) is 55.5 Å². The van der Waals surface area contributed by atoms with Crippen LogP contribution in [0.25, 0.3) is 33.2 Å². The molecule has 2 aromatic heterocycles. The van der Waals surface area contributed by atoms with Crippen LogP contribution in [-0.2, 0) is 0 Å². The van der Waals surface area contributed by atoms with Crippen molar-refractivity contribution in [2.45, 2.75) is 6.92 Å². The summed E-state index contributed by atoms with van der Waals surface area (Å²) >= 11 is 0. The SMILES string of the molecule is COc1c(-c2ccccc2)oc2c(OC)cccc2c1=O.COc1cccc2c(C)cc(=O)[nH]c12. The van der Waals surface area contributed by atoms with Crippen LogP contribution in [0, 0.1) is 6.92 Å². The summed E-state index contributed by atoms with van der Waals surface area (Å²) in [7, 11) is 4.60. The maximum atomic E-state index is 12.6. The van der Waals surface area contributed by atoms with Crippen molar-refractivity contribution in [3.05, 3.63) is 98.9 Å². The number of methoxy groups -OCH3 is 3. The number of para-hydroxylation sites is 2. The third-order valence-corrected chi connectivity index (χ3v) is 5.57. The average molecular weight is 472 g/mol. The molecule has 0 saturated heterocycles. The Kier molecular flexibility index (Phi) is 6.87. The highest BCUT2D eigenvalue weighted by molar-refractivity contribution is 5.87. The predicted octanol–water partition coefficient (Wildman–Crippen LogP) is 5.32. The van der Waals surface area contributed by atoms with Crippen molar-refractivity contribution < 1.29 is 18.6 Å². The summed E-state index contributed by atoms with van der Waals surface area (Å²) in [4.78, 5) is 26.6. The van der Waals surface area contributed by atoms with Crippen molar-refractivity contribution in [1.82, 2.24) is 4.98 Å². The average Bonchev–Trinajstić information content (AvgIpc) is 2.89. The van der Waals surface area contributed by atoms with E-state index in [1.54, 1.807) is 38.5 Å². The molecule has 7 nitrogen and oxygen atoms in total. The second kappa shape index (κ2) is 10.2. The van der Waals surface area contributed by atoms with Crippen molar-refractivity contribution in [3.8, 4) is 28.6 Å². The summed E-state index contributed by atoms with van der Waals surface area (Å²) in [5.41, 5.74) is 2.61. The van der Waals surface area contributed by atoms with Crippen molar-refractivity contribution in [2.75, 3.05) is 21.3 Å². The molecule has 178 valence electrons. The van der Waals surface area contributed by atoms with Gasteiger partial charge in [0, 0.05) is 17.0 Å². The Bertz CT molecular complexity index is 1600. The quantitative estimate of drug-likeness (QED) is 0.381. The number of hydrogen-bond donors (Lipinski definition) is 1. The summed E-state index contributed by atoms with van der Waals surface area (Å²) in [5.74, 6) is 1.81. The molecule has 0 atom stereocenters. The van der Waals surface area contributed by atoms with Gasteiger partial charge in [-0.3, -0.25) is 9.59 Å². The largest absolute Gasteiger partial charge is 0.495 e. The van der Waals surface area contributed by atoms with E-state index in [0.717, 1.165) is 22.0 Å². The molecule has 1 N–H and O–H groups in total. The van der Waals surface area contributed by atoms with Gasteiger partial charge in [0.1, 0.15) is 5.75 Å². The first-order valence-corrected chi connectivity index (χ1v) is 10.9. The number of hydrogen-bond acceptors (Lipinski definition) is 6. The number of H-pyrrole nitrogens is 1. The lowest BCUT2D eigenvalue weighted by Crippen LogP contribution is -2.08. The molecule has 0 saturated carbocycles. The van der Waals surface area contributed by atoms with Gasteiger partial charge in [-0.1, -0.05) is 48.5 Å². The zero-order chi connectivity index (χ0) is 24.9. The van der Waals surface area contributed by atoms with Gasteiger partial charge in [0.25, 0.3) is 0 Å². The van der Waals surface area contributed by atoms with Crippen molar-refractivity contribution >= 4 is 21.9 Å². The monoisotopic (exact) mass is 471 g/mol. The molecule has 0 radical (unpaired) electrons. The van der Waals surface area contributed by atoms with E-state index in [-0.39, 0.29) is 16.7 Å². The first kappa shape index (κ1) is 23.6. The van der Waals surface area contributed by atoms with E-state index in [9.17, 15) is 9.59 Å². The maximum absolute atomic E-state index is 12.6. The fourth-order valence-electron chi connectivity index (χ4n) is 3.89. The molecular weight excluding hydrogens is 446 g/mol. The van der Waals surface area contributed by atoms with Crippen LogP contribution in [0.2, 0.25) is 0 Å². The lowest BCUT2D eigenvalue weighted by atomic mass is 10.1. The maximum Gasteiger partial charge on any atom is 0.248 e. The molecule has 0 amide bonds. The number of pyridine rings is 1. The van der Waals surface area contributed by atoms with Gasteiger partial charge < -0.3 is 23.6 Å². The zero-order valence-corrected chi connectivity index (χ0v) is 19.9. The smallest absolute Gasteiger partial charge is 0.248 e. The van der Waals surface area contributed by atoms with E-state index in [1.165, 1.54) is 7.11 Å². The standard InChI is InChI=1S/C17H14O4.C11H11NO2/c1-19-13-10-6-9-12-14(18)17(20-2)15(21-16(12)13)11-7-4-3-5-8-11;1-7-6-10(13)12-11-8(7)4-3-5-9(11)14-2/h3-10H,1-2H3;3-6H,1-2H3,(H,12,13). The van der Waals surface area contributed by atoms with Crippen LogP contribution in [0.1, 0.15) is 5.56 Å². The van der Waals surface area contributed by atoms with Crippen LogP contribution in [0.5, 0.6) is 17.2 Å². The Labute approximate surface area is 201 Å². The van der Waals surface area contributed by atoms with Crippen LogP contribution >= 0.6 is 0 Å². The lowest BCUT2D eigenvalue weighted by Gasteiger charge is -2.10. The number of benzene rings is 3. The van der Waals surface area contributed by atoms with Crippen LogP contribution < -0.4 is 25.2 Å². The molecule has 5 rings (SSSR count). The van der Waals surface area contributed by atoms with Crippen LogP contribution in [0.15, 0.2) is 86.8 Å². The number of aromatic nitrogens is 1. The van der Waals surface area contributed by atoms with Gasteiger partial charge in [-0.15, -0.1) is 0 Å². The molecule has 3 aromatic carbocycles.